The fourth-order valence-electron chi connectivity index (χ4n) is 2.51. The molecule has 0 spiro atoms. The number of hydrogen-bond acceptors (Lipinski definition) is 3. The molecule has 1 aliphatic rings. The summed E-state index contributed by atoms with van der Waals surface area (Å²) in [5.41, 5.74) is 4.75. The van der Waals surface area contributed by atoms with Gasteiger partial charge in [-0.15, -0.1) is 0 Å². The first-order chi connectivity index (χ1) is 10.5. The number of hydrogen-bond donors (Lipinski definition) is 1. The highest BCUT2D eigenvalue weighted by atomic mass is 16.5. The molecular formula is C18H20N2O2. The van der Waals surface area contributed by atoms with Crippen molar-refractivity contribution in [1.29, 1.82) is 0 Å². The van der Waals surface area contributed by atoms with E-state index in [4.69, 9.17) is 4.74 Å². The molecule has 0 unspecified atom stereocenters. The van der Waals surface area contributed by atoms with E-state index in [9.17, 15) is 4.79 Å². The number of likely N-dealkylation sites (N-methyl/N-ethyl adjacent to an activating group) is 1. The first-order valence-corrected chi connectivity index (χ1v) is 7.41. The highest BCUT2D eigenvalue weighted by Gasteiger charge is 2.16. The van der Waals surface area contributed by atoms with E-state index in [0.717, 1.165) is 29.2 Å². The summed E-state index contributed by atoms with van der Waals surface area (Å²) in [6.45, 7) is 5.59. The fourth-order valence-corrected chi connectivity index (χ4v) is 2.51. The lowest BCUT2D eigenvalue weighted by molar-refractivity contribution is 0.102. The molecule has 4 heteroatoms. The van der Waals surface area contributed by atoms with Crippen LogP contribution in [0.1, 0.15) is 21.5 Å². The average molecular weight is 296 g/mol. The fraction of sp³-hybridized carbons (Fsp3) is 0.278. The Kier molecular flexibility index (Phi) is 3.75. The number of rotatable bonds is 2. The molecule has 114 valence electrons. The SMILES string of the molecule is Cc1ccc(C(=O)Nc2ccc3c(c2)N(C)CCO3)cc1C. The molecule has 1 amide bonds. The van der Waals surface area contributed by atoms with Gasteiger partial charge in [-0.05, 0) is 55.3 Å². The molecule has 0 saturated carbocycles. The Morgan fingerprint density at radius 1 is 1.14 bits per heavy atom. The predicted octanol–water partition coefficient (Wildman–Crippen LogP) is 3.38. The van der Waals surface area contributed by atoms with Crippen molar-refractivity contribution in [2.45, 2.75) is 13.8 Å². The molecule has 0 atom stereocenters. The molecule has 0 aromatic heterocycles. The van der Waals surface area contributed by atoms with Gasteiger partial charge in [0.05, 0.1) is 12.2 Å². The molecule has 0 bridgehead atoms. The molecule has 0 fully saturated rings. The molecule has 1 heterocycles. The van der Waals surface area contributed by atoms with E-state index in [0.29, 0.717) is 12.2 Å². The summed E-state index contributed by atoms with van der Waals surface area (Å²) in [6, 6.07) is 11.5. The lowest BCUT2D eigenvalue weighted by Gasteiger charge is -2.28. The summed E-state index contributed by atoms with van der Waals surface area (Å²) in [6.07, 6.45) is 0. The van der Waals surface area contributed by atoms with E-state index in [1.165, 1.54) is 5.56 Å². The van der Waals surface area contributed by atoms with Crippen LogP contribution >= 0.6 is 0 Å². The van der Waals surface area contributed by atoms with Crippen LogP contribution in [0.2, 0.25) is 0 Å². The Hall–Kier alpha value is -2.49. The van der Waals surface area contributed by atoms with Crippen molar-refractivity contribution >= 4 is 17.3 Å². The summed E-state index contributed by atoms with van der Waals surface area (Å²) in [4.78, 5) is 14.5. The zero-order valence-electron chi connectivity index (χ0n) is 13.1. The van der Waals surface area contributed by atoms with Gasteiger partial charge in [0.15, 0.2) is 0 Å². The molecule has 2 aromatic carbocycles. The van der Waals surface area contributed by atoms with Crippen molar-refractivity contribution in [3.8, 4) is 5.75 Å². The van der Waals surface area contributed by atoms with E-state index in [2.05, 4.69) is 10.2 Å². The number of benzene rings is 2. The normalized spacial score (nSPS) is 13.3. The van der Waals surface area contributed by atoms with Crippen LogP contribution in [0.3, 0.4) is 0 Å². The molecule has 1 aliphatic heterocycles. The van der Waals surface area contributed by atoms with Crippen molar-refractivity contribution in [3.63, 3.8) is 0 Å². The van der Waals surface area contributed by atoms with Gasteiger partial charge in [0.1, 0.15) is 12.4 Å². The van der Waals surface area contributed by atoms with Crippen LogP contribution in [-0.2, 0) is 0 Å². The molecule has 3 rings (SSSR count). The molecule has 0 radical (unpaired) electrons. The first-order valence-electron chi connectivity index (χ1n) is 7.41. The van der Waals surface area contributed by atoms with Gasteiger partial charge in [-0.1, -0.05) is 6.07 Å². The van der Waals surface area contributed by atoms with Crippen molar-refractivity contribution in [2.75, 3.05) is 30.4 Å². The number of aryl methyl sites for hydroxylation is 2. The number of ether oxygens (including phenoxy) is 1. The number of fused-ring (bicyclic) bond motifs is 1. The maximum atomic E-state index is 12.4. The maximum absolute atomic E-state index is 12.4. The second kappa shape index (κ2) is 5.72. The number of anilines is 2. The van der Waals surface area contributed by atoms with Gasteiger partial charge in [-0.25, -0.2) is 0 Å². The van der Waals surface area contributed by atoms with Gasteiger partial charge in [-0.2, -0.15) is 0 Å². The van der Waals surface area contributed by atoms with Gasteiger partial charge in [0.25, 0.3) is 5.91 Å². The smallest absolute Gasteiger partial charge is 0.255 e. The molecule has 4 nitrogen and oxygen atoms in total. The third kappa shape index (κ3) is 2.77. The van der Waals surface area contributed by atoms with E-state index in [1.54, 1.807) is 0 Å². The van der Waals surface area contributed by atoms with Crippen molar-refractivity contribution in [3.05, 3.63) is 53.1 Å². The van der Waals surface area contributed by atoms with Crippen LogP contribution in [0.4, 0.5) is 11.4 Å². The molecule has 0 saturated heterocycles. The zero-order valence-corrected chi connectivity index (χ0v) is 13.1. The van der Waals surface area contributed by atoms with Gasteiger partial charge < -0.3 is 15.0 Å². The van der Waals surface area contributed by atoms with Crippen LogP contribution in [0.15, 0.2) is 36.4 Å². The minimum atomic E-state index is -0.0950. The summed E-state index contributed by atoms with van der Waals surface area (Å²) < 4.78 is 5.61. The lowest BCUT2D eigenvalue weighted by atomic mass is 10.1. The molecule has 0 aliphatic carbocycles. The second-order valence-electron chi connectivity index (χ2n) is 5.71. The minimum absolute atomic E-state index is 0.0950. The van der Waals surface area contributed by atoms with Crippen molar-refractivity contribution < 1.29 is 9.53 Å². The predicted molar refractivity (Wildman–Crippen MR) is 89.1 cm³/mol. The Labute approximate surface area is 130 Å². The van der Waals surface area contributed by atoms with Crippen LogP contribution in [0, 0.1) is 13.8 Å². The minimum Gasteiger partial charge on any atom is -0.490 e. The van der Waals surface area contributed by atoms with E-state index < -0.39 is 0 Å². The Morgan fingerprint density at radius 2 is 1.95 bits per heavy atom. The lowest BCUT2D eigenvalue weighted by Crippen LogP contribution is -2.28. The van der Waals surface area contributed by atoms with Crippen LogP contribution < -0.4 is 15.0 Å². The Bertz CT molecular complexity index is 725. The van der Waals surface area contributed by atoms with E-state index in [1.807, 2.05) is 57.3 Å². The third-order valence-corrected chi connectivity index (χ3v) is 4.08. The molecule has 22 heavy (non-hydrogen) atoms. The van der Waals surface area contributed by atoms with Crippen LogP contribution in [0.5, 0.6) is 5.75 Å². The van der Waals surface area contributed by atoms with Gasteiger partial charge in [0.2, 0.25) is 0 Å². The third-order valence-electron chi connectivity index (χ3n) is 4.08. The van der Waals surface area contributed by atoms with Gasteiger partial charge in [-0.3, -0.25) is 4.79 Å². The molecule has 2 aromatic rings. The Morgan fingerprint density at radius 3 is 2.73 bits per heavy atom. The number of carbonyl (C=O) groups is 1. The monoisotopic (exact) mass is 296 g/mol. The second-order valence-corrected chi connectivity index (χ2v) is 5.71. The highest BCUT2D eigenvalue weighted by Crippen LogP contribution is 2.33. The summed E-state index contributed by atoms with van der Waals surface area (Å²) in [5.74, 6) is 0.764. The quantitative estimate of drug-likeness (QED) is 0.923. The summed E-state index contributed by atoms with van der Waals surface area (Å²) >= 11 is 0. The maximum Gasteiger partial charge on any atom is 0.255 e. The largest absolute Gasteiger partial charge is 0.490 e. The van der Waals surface area contributed by atoms with Gasteiger partial charge >= 0.3 is 0 Å². The number of amides is 1. The standard InChI is InChI=1S/C18H20N2O2/c1-12-4-5-14(10-13(12)2)18(21)19-15-6-7-17-16(11-15)20(3)8-9-22-17/h4-7,10-11H,8-9H2,1-3H3,(H,19,21). The van der Waals surface area contributed by atoms with E-state index in [-0.39, 0.29) is 5.91 Å². The van der Waals surface area contributed by atoms with Crippen LogP contribution in [-0.4, -0.2) is 26.1 Å². The average Bonchev–Trinajstić information content (AvgIpc) is 2.51. The van der Waals surface area contributed by atoms with Crippen molar-refractivity contribution in [2.24, 2.45) is 0 Å². The van der Waals surface area contributed by atoms with Crippen molar-refractivity contribution in [1.82, 2.24) is 0 Å². The summed E-state index contributed by atoms with van der Waals surface area (Å²) in [7, 11) is 2.02. The van der Waals surface area contributed by atoms with Gasteiger partial charge in [0, 0.05) is 18.3 Å². The van der Waals surface area contributed by atoms with E-state index >= 15 is 0 Å². The molecular weight excluding hydrogens is 276 g/mol. The number of carbonyl (C=O) groups excluding carboxylic acids is 1. The topological polar surface area (TPSA) is 41.6 Å². The number of nitrogens with one attached hydrogen (secondary N) is 1. The Balaban J connectivity index is 1.82. The zero-order chi connectivity index (χ0) is 15.7. The first kappa shape index (κ1) is 14.4. The highest BCUT2D eigenvalue weighted by molar-refractivity contribution is 6.04. The summed E-state index contributed by atoms with van der Waals surface area (Å²) in [5, 5.41) is 2.95. The molecule has 1 N–H and O–H groups in total. The van der Waals surface area contributed by atoms with Crippen LogP contribution in [0.25, 0.3) is 0 Å². The number of nitrogens with zero attached hydrogens (tertiary/aromatic N) is 1.